The zero-order valence-corrected chi connectivity index (χ0v) is 18.3. The summed E-state index contributed by atoms with van der Waals surface area (Å²) in [5.74, 6) is 0.505. The summed E-state index contributed by atoms with van der Waals surface area (Å²) in [5.41, 5.74) is 2.83. The quantitative estimate of drug-likeness (QED) is 0.567. The number of benzene rings is 2. The highest BCUT2D eigenvalue weighted by atomic mass is 79.9. The molecule has 0 aliphatic carbocycles. The van der Waals surface area contributed by atoms with Crippen LogP contribution in [0.25, 0.3) is 0 Å². The zero-order chi connectivity index (χ0) is 20.3. The SMILES string of the molecule is CC1=C(C(=O)Nc2ccccc2)[C@@H](c2cc(Br)ccc2OC(C)C)NC(=S)N1. The molecule has 3 N–H and O–H groups in total. The number of para-hydroxylation sites is 1. The Morgan fingerprint density at radius 1 is 1.21 bits per heavy atom. The molecule has 0 bridgehead atoms. The van der Waals surface area contributed by atoms with Gasteiger partial charge in [0.1, 0.15) is 5.75 Å². The molecule has 0 unspecified atom stereocenters. The maximum Gasteiger partial charge on any atom is 0.255 e. The lowest BCUT2D eigenvalue weighted by atomic mass is 9.94. The lowest BCUT2D eigenvalue weighted by Gasteiger charge is -2.31. The first-order valence-electron chi connectivity index (χ1n) is 8.96. The van der Waals surface area contributed by atoms with Gasteiger partial charge < -0.3 is 20.7 Å². The number of carbonyl (C=O) groups is 1. The van der Waals surface area contributed by atoms with E-state index in [4.69, 9.17) is 17.0 Å². The largest absolute Gasteiger partial charge is 0.491 e. The summed E-state index contributed by atoms with van der Waals surface area (Å²) >= 11 is 8.87. The first-order valence-corrected chi connectivity index (χ1v) is 10.2. The summed E-state index contributed by atoms with van der Waals surface area (Å²) in [6, 6.07) is 14.7. The van der Waals surface area contributed by atoms with Gasteiger partial charge in [0.15, 0.2) is 5.11 Å². The van der Waals surface area contributed by atoms with Crippen LogP contribution in [0.3, 0.4) is 0 Å². The molecule has 28 heavy (non-hydrogen) atoms. The number of rotatable bonds is 5. The maximum atomic E-state index is 13.1. The van der Waals surface area contributed by atoms with E-state index in [9.17, 15) is 4.79 Å². The van der Waals surface area contributed by atoms with Gasteiger partial charge in [0, 0.05) is 21.4 Å². The summed E-state index contributed by atoms with van der Waals surface area (Å²) in [6.07, 6.45) is 0.000245. The molecule has 0 fully saturated rings. The minimum absolute atomic E-state index is 0.000245. The number of ether oxygens (including phenoxy) is 1. The average molecular weight is 460 g/mol. The second-order valence-corrected chi connectivity index (χ2v) is 8.06. The van der Waals surface area contributed by atoms with Crippen molar-refractivity contribution in [3.63, 3.8) is 0 Å². The monoisotopic (exact) mass is 459 g/mol. The van der Waals surface area contributed by atoms with Crippen LogP contribution in [0, 0.1) is 0 Å². The van der Waals surface area contributed by atoms with E-state index in [0.717, 1.165) is 15.7 Å². The molecule has 0 saturated carbocycles. The van der Waals surface area contributed by atoms with Crippen molar-refractivity contribution in [2.75, 3.05) is 5.32 Å². The molecular formula is C21H22BrN3O2S. The van der Waals surface area contributed by atoms with Crippen LogP contribution in [-0.2, 0) is 4.79 Å². The van der Waals surface area contributed by atoms with E-state index >= 15 is 0 Å². The lowest BCUT2D eigenvalue weighted by molar-refractivity contribution is -0.113. The van der Waals surface area contributed by atoms with Gasteiger partial charge in [0.2, 0.25) is 0 Å². The molecule has 1 aliphatic rings. The molecule has 3 rings (SSSR count). The van der Waals surface area contributed by atoms with Crippen molar-refractivity contribution in [3.05, 3.63) is 69.8 Å². The van der Waals surface area contributed by atoms with Crippen molar-refractivity contribution in [3.8, 4) is 5.75 Å². The van der Waals surface area contributed by atoms with Gasteiger partial charge in [-0.1, -0.05) is 34.1 Å². The summed E-state index contributed by atoms with van der Waals surface area (Å²) in [4.78, 5) is 13.1. The Morgan fingerprint density at radius 2 is 1.93 bits per heavy atom. The fourth-order valence-electron chi connectivity index (χ4n) is 3.05. The molecule has 1 amide bonds. The molecule has 0 spiro atoms. The van der Waals surface area contributed by atoms with Gasteiger partial charge in [-0.15, -0.1) is 0 Å². The van der Waals surface area contributed by atoms with Crippen LogP contribution in [0.1, 0.15) is 32.4 Å². The van der Waals surface area contributed by atoms with E-state index in [1.165, 1.54) is 0 Å². The number of carbonyl (C=O) groups excluding carboxylic acids is 1. The topological polar surface area (TPSA) is 62.4 Å². The van der Waals surface area contributed by atoms with Crippen LogP contribution >= 0.6 is 28.1 Å². The molecule has 0 radical (unpaired) electrons. The molecule has 1 aliphatic heterocycles. The molecule has 2 aromatic carbocycles. The second kappa shape index (κ2) is 8.75. The molecule has 7 heteroatoms. The van der Waals surface area contributed by atoms with Gasteiger partial charge in [-0.3, -0.25) is 4.79 Å². The Hall–Kier alpha value is -2.38. The van der Waals surface area contributed by atoms with Crippen LogP contribution < -0.4 is 20.7 Å². The van der Waals surface area contributed by atoms with Crippen molar-refractivity contribution in [1.82, 2.24) is 10.6 Å². The normalized spacial score (nSPS) is 16.5. The van der Waals surface area contributed by atoms with E-state index in [1.807, 2.05) is 69.3 Å². The van der Waals surface area contributed by atoms with Crippen molar-refractivity contribution in [2.45, 2.75) is 32.9 Å². The number of thiocarbonyl (C=S) groups is 1. The third kappa shape index (κ3) is 4.72. The van der Waals surface area contributed by atoms with Gasteiger partial charge in [-0.05, 0) is 63.3 Å². The third-order valence-electron chi connectivity index (χ3n) is 4.19. The highest BCUT2D eigenvalue weighted by molar-refractivity contribution is 9.10. The van der Waals surface area contributed by atoms with Gasteiger partial charge in [-0.25, -0.2) is 0 Å². The van der Waals surface area contributed by atoms with Crippen LogP contribution in [0.4, 0.5) is 5.69 Å². The Kier molecular flexibility index (Phi) is 6.36. The standard InChI is InChI=1S/C21H22BrN3O2S/c1-12(2)27-17-10-9-14(22)11-16(17)19-18(13(3)23-21(28)25-19)20(26)24-15-7-5-4-6-8-15/h4-12,19H,1-3H3,(H,24,26)(H2,23,25,28)/t19-/m1/s1. The molecule has 146 valence electrons. The van der Waals surface area contributed by atoms with Crippen molar-refractivity contribution in [2.24, 2.45) is 0 Å². The fraction of sp³-hybridized carbons (Fsp3) is 0.238. The molecule has 0 saturated heterocycles. The van der Waals surface area contributed by atoms with E-state index in [0.29, 0.717) is 22.1 Å². The Bertz CT molecular complexity index is 929. The molecule has 1 heterocycles. The molecule has 1 atom stereocenters. The maximum absolute atomic E-state index is 13.1. The van der Waals surface area contributed by atoms with E-state index in [2.05, 4.69) is 31.9 Å². The van der Waals surface area contributed by atoms with Crippen LogP contribution in [-0.4, -0.2) is 17.1 Å². The van der Waals surface area contributed by atoms with E-state index in [1.54, 1.807) is 0 Å². The number of hydrogen-bond donors (Lipinski definition) is 3. The van der Waals surface area contributed by atoms with Gasteiger partial charge >= 0.3 is 0 Å². The summed E-state index contributed by atoms with van der Waals surface area (Å²) in [6.45, 7) is 5.79. The van der Waals surface area contributed by atoms with Crippen LogP contribution in [0.5, 0.6) is 5.75 Å². The Balaban J connectivity index is 2.03. The zero-order valence-electron chi connectivity index (χ0n) is 15.9. The lowest BCUT2D eigenvalue weighted by Crippen LogP contribution is -2.46. The highest BCUT2D eigenvalue weighted by Gasteiger charge is 2.32. The van der Waals surface area contributed by atoms with E-state index < -0.39 is 6.04 Å². The summed E-state index contributed by atoms with van der Waals surface area (Å²) in [7, 11) is 0. The smallest absolute Gasteiger partial charge is 0.255 e. The number of hydrogen-bond acceptors (Lipinski definition) is 3. The van der Waals surface area contributed by atoms with Crippen LogP contribution in [0.15, 0.2) is 64.3 Å². The number of allylic oxidation sites excluding steroid dienone is 1. The fourth-order valence-corrected chi connectivity index (χ4v) is 3.70. The number of amides is 1. The third-order valence-corrected chi connectivity index (χ3v) is 4.90. The average Bonchev–Trinajstić information content (AvgIpc) is 2.63. The van der Waals surface area contributed by atoms with Gasteiger partial charge in [-0.2, -0.15) is 0 Å². The Labute approximate surface area is 178 Å². The molecule has 0 aromatic heterocycles. The predicted molar refractivity (Wildman–Crippen MR) is 119 cm³/mol. The van der Waals surface area contributed by atoms with Gasteiger partial charge in [0.05, 0.1) is 17.7 Å². The highest BCUT2D eigenvalue weighted by Crippen LogP contribution is 2.36. The van der Waals surface area contributed by atoms with Crippen molar-refractivity contribution in [1.29, 1.82) is 0 Å². The van der Waals surface area contributed by atoms with E-state index in [-0.39, 0.29) is 12.0 Å². The minimum atomic E-state index is -0.441. The number of nitrogens with one attached hydrogen (secondary N) is 3. The minimum Gasteiger partial charge on any atom is -0.491 e. The first kappa shape index (κ1) is 20.4. The molecule has 5 nitrogen and oxygen atoms in total. The summed E-state index contributed by atoms with van der Waals surface area (Å²) < 4.78 is 6.89. The molecule has 2 aromatic rings. The van der Waals surface area contributed by atoms with Gasteiger partial charge in [0.25, 0.3) is 5.91 Å². The molecular weight excluding hydrogens is 438 g/mol. The Morgan fingerprint density at radius 3 is 2.61 bits per heavy atom. The number of anilines is 1. The van der Waals surface area contributed by atoms with Crippen LogP contribution in [0.2, 0.25) is 0 Å². The first-order chi connectivity index (χ1) is 13.3. The van der Waals surface area contributed by atoms with Crippen molar-refractivity contribution >= 4 is 44.9 Å². The second-order valence-electron chi connectivity index (χ2n) is 6.74. The summed E-state index contributed by atoms with van der Waals surface area (Å²) in [5, 5.41) is 9.70. The number of halogens is 1. The van der Waals surface area contributed by atoms with Crippen molar-refractivity contribution < 1.29 is 9.53 Å². The predicted octanol–water partition coefficient (Wildman–Crippen LogP) is 4.67.